The highest BCUT2D eigenvalue weighted by molar-refractivity contribution is 5.40. The van der Waals surface area contributed by atoms with Crippen LogP contribution >= 0.6 is 0 Å². The molecule has 3 heteroatoms. The van der Waals surface area contributed by atoms with Crippen molar-refractivity contribution >= 4 is 5.65 Å². The van der Waals surface area contributed by atoms with Gasteiger partial charge in [-0.3, -0.25) is 0 Å². The van der Waals surface area contributed by atoms with E-state index in [1.165, 1.54) is 5.56 Å². The van der Waals surface area contributed by atoms with E-state index in [1.807, 2.05) is 35.0 Å². The standard InChI is InChI=1S/C18H20N2O/c1-13(2)15-8-6-14(7-9-15)11-17(21)16-12-20-10-4-3-5-18(20)19-16/h3-10,12-13,17,21H,11H2,1-2H3. The summed E-state index contributed by atoms with van der Waals surface area (Å²) in [4.78, 5) is 4.47. The molecule has 0 aliphatic heterocycles. The molecule has 21 heavy (non-hydrogen) atoms. The highest BCUT2D eigenvalue weighted by Crippen LogP contribution is 2.20. The predicted octanol–water partition coefficient (Wildman–Crippen LogP) is 3.73. The molecule has 0 saturated carbocycles. The molecule has 1 atom stereocenters. The molecule has 0 bridgehead atoms. The van der Waals surface area contributed by atoms with Crippen molar-refractivity contribution in [1.29, 1.82) is 0 Å². The average molecular weight is 280 g/mol. The first kappa shape index (κ1) is 13.8. The second-order valence-corrected chi connectivity index (χ2v) is 5.75. The van der Waals surface area contributed by atoms with Crippen molar-refractivity contribution < 1.29 is 5.11 Å². The van der Waals surface area contributed by atoms with Gasteiger partial charge in [-0.1, -0.05) is 44.2 Å². The highest BCUT2D eigenvalue weighted by atomic mass is 16.3. The van der Waals surface area contributed by atoms with Crippen LogP contribution in [0.2, 0.25) is 0 Å². The van der Waals surface area contributed by atoms with Crippen LogP contribution in [-0.4, -0.2) is 14.5 Å². The Balaban J connectivity index is 1.77. The number of hydrogen-bond donors (Lipinski definition) is 1. The largest absolute Gasteiger partial charge is 0.386 e. The lowest BCUT2D eigenvalue weighted by molar-refractivity contribution is 0.174. The molecule has 0 spiro atoms. The van der Waals surface area contributed by atoms with Gasteiger partial charge in [-0.25, -0.2) is 4.98 Å². The van der Waals surface area contributed by atoms with Gasteiger partial charge in [0.15, 0.2) is 0 Å². The van der Waals surface area contributed by atoms with Crippen LogP contribution in [0.25, 0.3) is 5.65 Å². The monoisotopic (exact) mass is 280 g/mol. The summed E-state index contributed by atoms with van der Waals surface area (Å²) in [5, 5.41) is 10.4. The Hall–Kier alpha value is -2.13. The molecule has 0 saturated heterocycles. The Morgan fingerprint density at radius 1 is 1.10 bits per heavy atom. The van der Waals surface area contributed by atoms with Gasteiger partial charge in [-0.05, 0) is 29.2 Å². The summed E-state index contributed by atoms with van der Waals surface area (Å²) in [7, 11) is 0. The Morgan fingerprint density at radius 2 is 1.86 bits per heavy atom. The van der Waals surface area contributed by atoms with E-state index in [2.05, 4.69) is 43.1 Å². The smallest absolute Gasteiger partial charge is 0.137 e. The van der Waals surface area contributed by atoms with Crippen molar-refractivity contribution in [2.75, 3.05) is 0 Å². The molecule has 0 aliphatic rings. The molecule has 2 aromatic heterocycles. The predicted molar refractivity (Wildman–Crippen MR) is 84.4 cm³/mol. The Bertz CT molecular complexity index is 695. The highest BCUT2D eigenvalue weighted by Gasteiger charge is 2.12. The second-order valence-electron chi connectivity index (χ2n) is 5.75. The minimum absolute atomic E-state index is 0.530. The van der Waals surface area contributed by atoms with Gasteiger partial charge in [-0.15, -0.1) is 0 Å². The van der Waals surface area contributed by atoms with Crippen LogP contribution in [-0.2, 0) is 6.42 Å². The average Bonchev–Trinajstić information content (AvgIpc) is 2.92. The van der Waals surface area contributed by atoms with Crippen LogP contribution in [0.4, 0.5) is 0 Å². The summed E-state index contributed by atoms with van der Waals surface area (Å²) in [5.41, 5.74) is 4.03. The molecule has 1 aromatic carbocycles. The van der Waals surface area contributed by atoms with Crippen LogP contribution in [0.3, 0.4) is 0 Å². The maximum atomic E-state index is 10.4. The number of aliphatic hydroxyl groups is 1. The lowest BCUT2D eigenvalue weighted by Gasteiger charge is -2.10. The van der Waals surface area contributed by atoms with Crippen LogP contribution in [0.5, 0.6) is 0 Å². The molecule has 0 fully saturated rings. The van der Waals surface area contributed by atoms with E-state index in [4.69, 9.17) is 0 Å². The van der Waals surface area contributed by atoms with E-state index >= 15 is 0 Å². The lowest BCUT2D eigenvalue weighted by atomic mass is 9.99. The van der Waals surface area contributed by atoms with Gasteiger partial charge in [0.1, 0.15) is 11.8 Å². The Kier molecular flexibility index (Phi) is 3.76. The number of benzene rings is 1. The van der Waals surface area contributed by atoms with Gasteiger partial charge >= 0.3 is 0 Å². The number of imidazole rings is 1. The fourth-order valence-electron chi connectivity index (χ4n) is 2.48. The number of aliphatic hydroxyl groups excluding tert-OH is 1. The summed E-state index contributed by atoms with van der Waals surface area (Å²) >= 11 is 0. The molecule has 1 unspecified atom stereocenters. The molecule has 3 rings (SSSR count). The third kappa shape index (κ3) is 2.98. The van der Waals surface area contributed by atoms with Crippen molar-refractivity contribution in [3.05, 3.63) is 71.7 Å². The van der Waals surface area contributed by atoms with Crippen molar-refractivity contribution in [2.45, 2.75) is 32.3 Å². The molecular formula is C18H20N2O. The van der Waals surface area contributed by atoms with Gasteiger partial charge < -0.3 is 9.51 Å². The van der Waals surface area contributed by atoms with Crippen LogP contribution in [0, 0.1) is 0 Å². The van der Waals surface area contributed by atoms with Gasteiger partial charge in [0, 0.05) is 18.8 Å². The van der Waals surface area contributed by atoms with E-state index in [-0.39, 0.29) is 0 Å². The topological polar surface area (TPSA) is 37.5 Å². The Labute approximate surface area is 124 Å². The first-order valence-electron chi connectivity index (χ1n) is 7.34. The van der Waals surface area contributed by atoms with E-state index < -0.39 is 6.10 Å². The SMILES string of the molecule is CC(C)c1ccc(CC(O)c2cn3ccccc3n2)cc1. The summed E-state index contributed by atoms with van der Waals surface area (Å²) in [6.07, 6.45) is 3.84. The quantitative estimate of drug-likeness (QED) is 0.790. The zero-order valence-corrected chi connectivity index (χ0v) is 12.4. The summed E-state index contributed by atoms with van der Waals surface area (Å²) in [6.45, 7) is 4.36. The third-order valence-electron chi connectivity index (χ3n) is 3.80. The molecule has 2 heterocycles. The second kappa shape index (κ2) is 5.70. The molecule has 0 radical (unpaired) electrons. The van der Waals surface area contributed by atoms with Gasteiger partial charge in [0.25, 0.3) is 0 Å². The number of aromatic nitrogens is 2. The first-order chi connectivity index (χ1) is 10.1. The first-order valence-corrected chi connectivity index (χ1v) is 7.34. The minimum atomic E-state index is -0.574. The van der Waals surface area contributed by atoms with Crippen molar-refractivity contribution in [3.8, 4) is 0 Å². The van der Waals surface area contributed by atoms with Gasteiger partial charge in [0.2, 0.25) is 0 Å². The maximum absolute atomic E-state index is 10.4. The zero-order valence-electron chi connectivity index (χ0n) is 12.4. The molecule has 108 valence electrons. The van der Waals surface area contributed by atoms with E-state index in [9.17, 15) is 5.11 Å². The van der Waals surface area contributed by atoms with E-state index in [1.54, 1.807) is 0 Å². The molecule has 1 N–H and O–H groups in total. The molecular weight excluding hydrogens is 260 g/mol. The van der Waals surface area contributed by atoms with Crippen molar-refractivity contribution in [1.82, 2.24) is 9.38 Å². The molecule has 0 aliphatic carbocycles. The van der Waals surface area contributed by atoms with Crippen molar-refractivity contribution in [2.24, 2.45) is 0 Å². The van der Waals surface area contributed by atoms with E-state index in [0.29, 0.717) is 18.0 Å². The van der Waals surface area contributed by atoms with Crippen LogP contribution in [0.1, 0.15) is 42.7 Å². The number of pyridine rings is 1. The summed E-state index contributed by atoms with van der Waals surface area (Å²) in [5.74, 6) is 0.530. The normalized spacial score (nSPS) is 13.0. The van der Waals surface area contributed by atoms with Gasteiger partial charge in [0.05, 0.1) is 5.69 Å². The summed E-state index contributed by atoms with van der Waals surface area (Å²) in [6, 6.07) is 14.3. The van der Waals surface area contributed by atoms with E-state index in [0.717, 1.165) is 11.2 Å². The molecule has 3 nitrogen and oxygen atoms in total. The number of fused-ring (bicyclic) bond motifs is 1. The minimum Gasteiger partial charge on any atom is -0.386 e. The number of rotatable bonds is 4. The fourth-order valence-corrected chi connectivity index (χ4v) is 2.48. The number of nitrogens with zero attached hydrogens (tertiary/aromatic N) is 2. The lowest BCUT2D eigenvalue weighted by Crippen LogP contribution is -2.02. The number of hydrogen-bond acceptors (Lipinski definition) is 2. The third-order valence-corrected chi connectivity index (χ3v) is 3.80. The Morgan fingerprint density at radius 3 is 2.52 bits per heavy atom. The van der Waals surface area contributed by atoms with Crippen LogP contribution in [0.15, 0.2) is 54.9 Å². The van der Waals surface area contributed by atoms with Gasteiger partial charge in [-0.2, -0.15) is 0 Å². The molecule has 0 amide bonds. The van der Waals surface area contributed by atoms with Crippen molar-refractivity contribution in [3.63, 3.8) is 0 Å². The maximum Gasteiger partial charge on any atom is 0.137 e. The zero-order chi connectivity index (χ0) is 14.8. The summed E-state index contributed by atoms with van der Waals surface area (Å²) < 4.78 is 1.93. The fraction of sp³-hybridized carbons (Fsp3) is 0.278. The van der Waals surface area contributed by atoms with Crippen LogP contribution < -0.4 is 0 Å². The molecule has 3 aromatic rings.